The van der Waals surface area contributed by atoms with Gasteiger partial charge in [0, 0.05) is 24.7 Å². The molecule has 19 heavy (non-hydrogen) atoms. The van der Waals surface area contributed by atoms with Crippen LogP contribution in [0.25, 0.3) is 0 Å². The minimum absolute atomic E-state index is 0.136. The van der Waals surface area contributed by atoms with Crippen molar-refractivity contribution in [1.29, 1.82) is 0 Å². The summed E-state index contributed by atoms with van der Waals surface area (Å²) in [6, 6.07) is 8.25. The Bertz CT molecular complexity index is 394. The zero-order chi connectivity index (χ0) is 13.5. The Morgan fingerprint density at radius 3 is 2.58 bits per heavy atom. The Morgan fingerprint density at radius 1 is 1.26 bits per heavy atom. The smallest absolute Gasteiger partial charge is 0.227 e. The Hall–Kier alpha value is -1.35. The van der Waals surface area contributed by atoms with E-state index >= 15 is 0 Å². The number of aryl methyl sites for hydroxylation is 1. The summed E-state index contributed by atoms with van der Waals surface area (Å²) in [6.45, 7) is 3.85. The van der Waals surface area contributed by atoms with E-state index in [1.807, 2.05) is 12.1 Å². The minimum Gasteiger partial charge on any atom is -0.326 e. The largest absolute Gasteiger partial charge is 0.326 e. The molecule has 1 saturated heterocycles. The molecular weight excluding hydrogens is 236 g/mol. The van der Waals surface area contributed by atoms with Gasteiger partial charge in [-0.3, -0.25) is 4.79 Å². The molecule has 0 unspecified atom stereocenters. The highest BCUT2D eigenvalue weighted by molar-refractivity contribution is 5.92. The lowest BCUT2D eigenvalue weighted by atomic mass is 9.97. The van der Waals surface area contributed by atoms with Crippen molar-refractivity contribution >= 4 is 11.6 Å². The van der Waals surface area contributed by atoms with Crippen LogP contribution in [0.1, 0.15) is 38.2 Å². The van der Waals surface area contributed by atoms with Gasteiger partial charge in [0.25, 0.3) is 0 Å². The number of nitrogens with zero attached hydrogens (tertiary/aromatic N) is 1. The van der Waals surface area contributed by atoms with Crippen LogP contribution in [0.5, 0.6) is 0 Å². The van der Waals surface area contributed by atoms with E-state index in [4.69, 9.17) is 0 Å². The van der Waals surface area contributed by atoms with E-state index in [9.17, 15) is 4.79 Å². The van der Waals surface area contributed by atoms with Gasteiger partial charge in [0.05, 0.1) is 0 Å². The fourth-order valence-electron chi connectivity index (χ4n) is 2.39. The fraction of sp³-hybridized carbons (Fsp3) is 0.562. The van der Waals surface area contributed by atoms with Crippen LogP contribution >= 0.6 is 0 Å². The van der Waals surface area contributed by atoms with E-state index in [-0.39, 0.29) is 11.8 Å². The SMILES string of the molecule is CCCCc1ccc(NC(=O)C2CC[N]CC2)cc1. The molecule has 1 fully saturated rings. The number of nitrogens with one attached hydrogen (secondary N) is 1. The van der Waals surface area contributed by atoms with Crippen molar-refractivity contribution in [1.82, 2.24) is 5.32 Å². The average molecular weight is 259 g/mol. The van der Waals surface area contributed by atoms with E-state index in [0.29, 0.717) is 0 Å². The third-order valence-electron chi connectivity index (χ3n) is 3.68. The van der Waals surface area contributed by atoms with Crippen LogP contribution in [-0.2, 0) is 11.2 Å². The van der Waals surface area contributed by atoms with Crippen LogP contribution in [0.15, 0.2) is 24.3 Å². The first-order valence-corrected chi connectivity index (χ1v) is 7.32. The molecule has 103 valence electrons. The molecule has 1 N–H and O–H groups in total. The highest BCUT2D eigenvalue weighted by Gasteiger charge is 2.21. The van der Waals surface area contributed by atoms with Crippen LogP contribution in [0, 0.1) is 5.92 Å². The van der Waals surface area contributed by atoms with Gasteiger partial charge >= 0.3 is 0 Å². The lowest BCUT2D eigenvalue weighted by Gasteiger charge is -2.20. The van der Waals surface area contributed by atoms with Crippen molar-refractivity contribution in [3.63, 3.8) is 0 Å². The fourth-order valence-corrected chi connectivity index (χ4v) is 2.39. The zero-order valence-electron chi connectivity index (χ0n) is 11.7. The number of unbranched alkanes of at least 4 members (excludes halogenated alkanes) is 1. The topological polar surface area (TPSA) is 43.2 Å². The molecule has 1 heterocycles. The maximum absolute atomic E-state index is 12.1. The lowest BCUT2D eigenvalue weighted by Crippen LogP contribution is -2.31. The van der Waals surface area contributed by atoms with Crippen molar-refractivity contribution in [2.45, 2.75) is 39.0 Å². The first kappa shape index (κ1) is 14.1. The van der Waals surface area contributed by atoms with Crippen LogP contribution in [0.3, 0.4) is 0 Å². The van der Waals surface area contributed by atoms with Crippen LogP contribution in [0.2, 0.25) is 0 Å². The van der Waals surface area contributed by atoms with E-state index in [1.54, 1.807) is 0 Å². The molecule has 0 bridgehead atoms. The maximum Gasteiger partial charge on any atom is 0.227 e. The standard InChI is InChI=1S/C16H23N2O/c1-2-3-4-13-5-7-15(8-6-13)18-16(19)14-9-11-17-12-10-14/h5-8,14H,2-4,9-12H2,1H3,(H,18,19). The Kier molecular flexibility index (Phi) is 5.40. The highest BCUT2D eigenvalue weighted by atomic mass is 16.1. The van der Waals surface area contributed by atoms with Gasteiger partial charge in [0.15, 0.2) is 0 Å². The van der Waals surface area contributed by atoms with Gasteiger partial charge < -0.3 is 5.32 Å². The molecule has 1 aromatic carbocycles. The summed E-state index contributed by atoms with van der Waals surface area (Å²) in [5.74, 6) is 0.286. The molecule has 0 aromatic heterocycles. The summed E-state index contributed by atoms with van der Waals surface area (Å²) in [5, 5.41) is 7.29. The second-order valence-corrected chi connectivity index (χ2v) is 5.23. The number of anilines is 1. The quantitative estimate of drug-likeness (QED) is 0.868. The van der Waals surface area contributed by atoms with Gasteiger partial charge in [-0.2, -0.15) is 0 Å². The Balaban J connectivity index is 1.86. The molecule has 2 rings (SSSR count). The number of amides is 1. The number of carbonyl (C=O) groups excluding carboxylic acids is 1. The predicted octanol–water partition coefficient (Wildman–Crippen LogP) is 2.98. The van der Waals surface area contributed by atoms with Crippen LogP contribution in [-0.4, -0.2) is 19.0 Å². The van der Waals surface area contributed by atoms with Gasteiger partial charge in [-0.05, 0) is 43.4 Å². The van der Waals surface area contributed by atoms with Crippen molar-refractivity contribution < 1.29 is 4.79 Å². The number of rotatable bonds is 5. The predicted molar refractivity (Wildman–Crippen MR) is 78.3 cm³/mol. The van der Waals surface area contributed by atoms with Crippen molar-refractivity contribution in [2.75, 3.05) is 18.4 Å². The number of hydrogen-bond acceptors (Lipinski definition) is 1. The zero-order valence-corrected chi connectivity index (χ0v) is 11.7. The second-order valence-electron chi connectivity index (χ2n) is 5.23. The maximum atomic E-state index is 12.1. The molecule has 0 aliphatic carbocycles. The molecular formula is C16H23N2O. The monoisotopic (exact) mass is 259 g/mol. The van der Waals surface area contributed by atoms with Gasteiger partial charge in [-0.25, -0.2) is 5.32 Å². The second kappa shape index (κ2) is 7.29. The third-order valence-corrected chi connectivity index (χ3v) is 3.68. The molecule has 3 heteroatoms. The van der Waals surface area contributed by atoms with Crippen molar-refractivity contribution in [3.05, 3.63) is 29.8 Å². The Morgan fingerprint density at radius 2 is 1.95 bits per heavy atom. The Labute approximate surface area is 115 Å². The summed E-state index contributed by atoms with van der Waals surface area (Å²) < 4.78 is 0. The molecule has 0 atom stereocenters. The average Bonchev–Trinajstić information content (AvgIpc) is 2.47. The van der Waals surface area contributed by atoms with Crippen molar-refractivity contribution in [2.24, 2.45) is 5.92 Å². The number of piperidine rings is 1. The van der Waals surface area contributed by atoms with Gasteiger partial charge in [0.2, 0.25) is 5.91 Å². The molecule has 1 amide bonds. The summed E-state index contributed by atoms with van der Waals surface area (Å²) in [5.41, 5.74) is 2.25. The summed E-state index contributed by atoms with van der Waals surface area (Å²) >= 11 is 0. The molecule has 1 aliphatic heterocycles. The third kappa shape index (κ3) is 4.35. The number of benzene rings is 1. The van der Waals surface area contributed by atoms with E-state index in [2.05, 4.69) is 29.7 Å². The van der Waals surface area contributed by atoms with Crippen LogP contribution < -0.4 is 10.6 Å². The van der Waals surface area contributed by atoms with E-state index in [0.717, 1.165) is 38.0 Å². The van der Waals surface area contributed by atoms with Crippen molar-refractivity contribution in [3.8, 4) is 0 Å². The molecule has 0 spiro atoms. The molecule has 0 saturated carbocycles. The van der Waals surface area contributed by atoms with Crippen LogP contribution in [0.4, 0.5) is 5.69 Å². The van der Waals surface area contributed by atoms with E-state index < -0.39 is 0 Å². The number of carbonyl (C=O) groups is 1. The van der Waals surface area contributed by atoms with E-state index in [1.165, 1.54) is 18.4 Å². The molecule has 1 radical (unpaired) electrons. The lowest BCUT2D eigenvalue weighted by molar-refractivity contribution is -0.120. The molecule has 3 nitrogen and oxygen atoms in total. The first-order chi connectivity index (χ1) is 9.29. The number of hydrogen-bond donors (Lipinski definition) is 1. The molecule has 1 aromatic rings. The van der Waals surface area contributed by atoms with Gasteiger partial charge in [-0.15, -0.1) is 0 Å². The molecule has 1 aliphatic rings. The van der Waals surface area contributed by atoms with Gasteiger partial charge in [0.1, 0.15) is 0 Å². The summed E-state index contributed by atoms with van der Waals surface area (Å²) in [7, 11) is 0. The highest BCUT2D eigenvalue weighted by Crippen LogP contribution is 2.17. The minimum atomic E-state index is 0.136. The normalized spacial score (nSPS) is 16.3. The summed E-state index contributed by atoms with van der Waals surface area (Å²) in [4.78, 5) is 12.1. The first-order valence-electron chi connectivity index (χ1n) is 7.32. The summed E-state index contributed by atoms with van der Waals surface area (Å²) in [6.07, 6.45) is 5.33. The van der Waals surface area contributed by atoms with Gasteiger partial charge in [-0.1, -0.05) is 25.5 Å².